The second kappa shape index (κ2) is 7.54. The Kier molecular flexibility index (Phi) is 5.99. The largest absolute Gasteiger partial charge is 0.482 e. The molecule has 0 spiro atoms. The molecule has 0 radical (unpaired) electrons. The molecule has 1 saturated heterocycles. The van der Waals surface area contributed by atoms with E-state index in [9.17, 15) is 4.79 Å². The van der Waals surface area contributed by atoms with Gasteiger partial charge in [-0.15, -0.1) is 0 Å². The van der Waals surface area contributed by atoms with Crippen molar-refractivity contribution in [1.29, 1.82) is 0 Å². The van der Waals surface area contributed by atoms with Crippen LogP contribution >= 0.6 is 34.8 Å². The van der Waals surface area contributed by atoms with E-state index in [2.05, 4.69) is 0 Å². The first kappa shape index (κ1) is 16.7. The number of carbonyl (C=O) groups is 1. The fraction of sp³-hybridized carbons (Fsp3) is 0.500. The van der Waals surface area contributed by atoms with Crippen molar-refractivity contribution in [3.05, 3.63) is 27.2 Å². The normalized spacial score (nSPS) is 17.8. The van der Waals surface area contributed by atoms with Crippen LogP contribution in [-0.2, 0) is 9.53 Å². The number of halogens is 3. The Balaban J connectivity index is 1.87. The van der Waals surface area contributed by atoms with E-state index < -0.39 is 0 Å². The lowest BCUT2D eigenvalue weighted by atomic mass is 10.2. The van der Waals surface area contributed by atoms with Crippen LogP contribution in [0, 0.1) is 0 Å². The van der Waals surface area contributed by atoms with E-state index >= 15 is 0 Å². The van der Waals surface area contributed by atoms with Crippen molar-refractivity contribution in [2.75, 3.05) is 26.8 Å². The molecule has 2 rings (SSSR count). The van der Waals surface area contributed by atoms with Gasteiger partial charge in [-0.1, -0.05) is 34.8 Å². The first-order valence-electron chi connectivity index (χ1n) is 6.60. The number of rotatable bonds is 5. The Morgan fingerprint density at radius 3 is 2.71 bits per heavy atom. The van der Waals surface area contributed by atoms with Gasteiger partial charge >= 0.3 is 0 Å². The van der Waals surface area contributed by atoms with Crippen LogP contribution < -0.4 is 4.74 Å². The fourth-order valence-corrected chi connectivity index (χ4v) is 2.65. The molecule has 0 saturated carbocycles. The SMILES string of the molecule is CN(C[C@H]1CCCO1)C(=O)COc1cc(Cl)c(Cl)cc1Cl. The molecule has 21 heavy (non-hydrogen) atoms. The molecular weight excluding hydrogens is 337 g/mol. The Hall–Kier alpha value is -0.680. The van der Waals surface area contributed by atoms with Crippen LogP contribution in [0.15, 0.2) is 12.1 Å². The molecule has 1 amide bonds. The van der Waals surface area contributed by atoms with Crippen LogP contribution in [0.1, 0.15) is 12.8 Å². The van der Waals surface area contributed by atoms with E-state index in [-0.39, 0.29) is 18.6 Å². The van der Waals surface area contributed by atoms with Gasteiger partial charge in [0.25, 0.3) is 5.91 Å². The summed E-state index contributed by atoms with van der Waals surface area (Å²) in [5, 5.41) is 0.992. The highest BCUT2D eigenvalue weighted by molar-refractivity contribution is 6.43. The Labute approximate surface area is 138 Å². The summed E-state index contributed by atoms with van der Waals surface area (Å²) in [5.41, 5.74) is 0. The molecule has 116 valence electrons. The molecule has 1 heterocycles. The molecule has 1 aliphatic rings. The molecule has 0 N–H and O–H groups in total. The van der Waals surface area contributed by atoms with Crippen LogP contribution in [0.4, 0.5) is 0 Å². The Morgan fingerprint density at radius 1 is 1.33 bits per heavy atom. The van der Waals surface area contributed by atoms with E-state index in [1.807, 2.05) is 0 Å². The quantitative estimate of drug-likeness (QED) is 0.759. The van der Waals surface area contributed by atoms with Crippen molar-refractivity contribution >= 4 is 40.7 Å². The lowest BCUT2D eigenvalue weighted by molar-refractivity contribution is -0.133. The predicted octanol–water partition coefficient (Wildman–Crippen LogP) is 3.66. The molecule has 1 fully saturated rings. The van der Waals surface area contributed by atoms with Gasteiger partial charge in [-0.3, -0.25) is 4.79 Å². The first-order chi connectivity index (χ1) is 9.97. The zero-order valence-electron chi connectivity index (χ0n) is 11.6. The molecule has 1 aromatic rings. The van der Waals surface area contributed by atoms with Crippen LogP contribution in [-0.4, -0.2) is 43.7 Å². The average Bonchev–Trinajstić information content (AvgIpc) is 2.93. The van der Waals surface area contributed by atoms with E-state index in [0.717, 1.165) is 19.4 Å². The minimum absolute atomic E-state index is 0.110. The summed E-state index contributed by atoms with van der Waals surface area (Å²) in [7, 11) is 1.73. The van der Waals surface area contributed by atoms with Gasteiger partial charge in [0.2, 0.25) is 0 Å². The highest BCUT2D eigenvalue weighted by atomic mass is 35.5. The van der Waals surface area contributed by atoms with Gasteiger partial charge in [-0.05, 0) is 18.9 Å². The lowest BCUT2D eigenvalue weighted by Crippen LogP contribution is -2.37. The minimum atomic E-state index is -0.146. The zero-order valence-corrected chi connectivity index (χ0v) is 13.8. The highest BCUT2D eigenvalue weighted by Crippen LogP contribution is 2.33. The maximum absolute atomic E-state index is 12.0. The van der Waals surface area contributed by atoms with Gasteiger partial charge in [0.15, 0.2) is 6.61 Å². The van der Waals surface area contributed by atoms with Crippen molar-refractivity contribution in [1.82, 2.24) is 4.90 Å². The molecule has 0 unspecified atom stereocenters. The van der Waals surface area contributed by atoms with Crippen LogP contribution in [0.5, 0.6) is 5.75 Å². The minimum Gasteiger partial charge on any atom is -0.482 e. The van der Waals surface area contributed by atoms with Crippen LogP contribution in [0.25, 0.3) is 0 Å². The number of benzene rings is 1. The molecular formula is C14H16Cl3NO3. The maximum atomic E-state index is 12.0. The molecule has 1 aromatic carbocycles. The van der Waals surface area contributed by atoms with Crippen molar-refractivity contribution in [2.45, 2.75) is 18.9 Å². The van der Waals surface area contributed by atoms with Gasteiger partial charge in [0, 0.05) is 26.3 Å². The second-order valence-corrected chi connectivity index (χ2v) is 6.12. The zero-order chi connectivity index (χ0) is 15.4. The van der Waals surface area contributed by atoms with Gasteiger partial charge in [0.05, 0.1) is 21.2 Å². The van der Waals surface area contributed by atoms with Gasteiger partial charge in [0.1, 0.15) is 5.75 Å². The summed E-state index contributed by atoms with van der Waals surface area (Å²) >= 11 is 17.7. The molecule has 1 atom stereocenters. The highest BCUT2D eigenvalue weighted by Gasteiger charge is 2.20. The van der Waals surface area contributed by atoms with E-state index in [1.165, 1.54) is 12.1 Å². The fourth-order valence-electron chi connectivity index (χ4n) is 2.06. The number of ether oxygens (including phenoxy) is 2. The summed E-state index contributed by atoms with van der Waals surface area (Å²) in [6.07, 6.45) is 2.15. The maximum Gasteiger partial charge on any atom is 0.260 e. The molecule has 0 aliphatic carbocycles. The van der Waals surface area contributed by atoms with Crippen molar-refractivity contribution in [2.24, 2.45) is 0 Å². The van der Waals surface area contributed by atoms with E-state index in [1.54, 1.807) is 11.9 Å². The molecule has 7 heteroatoms. The molecule has 0 bridgehead atoms. The van der Waals surface area contributed by atoms with Crippen molar-refractivity contribution in [3.8, 4) is 5.75 Å². The topological polar surface area (TPSA) is 38.8 Å². The second-order valence-electron chi connectivity index (χ2n) is 4.89. The van der Waals surface area contributed by atoms with Crippen LogP contribution in [0.2, 0.25) is 15.1 Å². The number of hydrogen-bond acceptors (Lipinski definition) is 3. The number of hydrogen-bond donors (Lipinski definition) is 0. The van der Waals surface area contributed by atoms with Gasteiger partial charge in [-0.2, -0.15) is 0 Å². The summed E-state index contributed by atoms with van der Waals surface area (Å²) in [6.45, 7) is 1.22. The summed E-state index contributed by atoms with van der Waals surface area (Å²) in [6, 6.07) is 2.99. The van der Waals surface area contributed by atoms with E-state index in [0.29, 0.717) is 27.4 Å². The average molecular weight is 353 g/mol. The lowest BCUT2D eigenvalue weighted by Gasteiger charge is -2.21. The Bertz CT molecular complexity index is 518. The predicted molar refractivity (Wildman–Crippen MR) is 83.6 cm³/mol. The smallest absolute Gasteiger partial charge is 0.260 e. The van der Waals surface area contributed by atoms with Crippen molar-refractivity contribution < 1.29 is 14.3 Å². The summed E-state index contributed by atoms with van der Waals surface area (Å²) in [5.74, 6) is 0.192. The first-order valence-corrected chi connectivity index (χ1v) is 7.73. The van der Waals surface area contributed by atoms with Crippen LogP contribution in [0.3, 0.4) is 0 Å². The number of likely N-dealkylation sites (N-methyl/N-ethyl adjacent to an activating group) is 1. The number of nitrogens with zero attached hydrogens (tertiary/aromatic N) is 1. The van der Waals surface area contributed by atoms with Crippen molar-refractivity contribution in [3.63, 3.8) is 0 Å². The molecule has 1 aliphatic heterocycles. The standard InChI is InChI=1S/C14H16Cl3NO3/c1-18(7-9-3-2-4-20-9)14(19)8-21-13-6-11(16)10(15)5-12(13)17/h5-6,9H,2-4,7-8H2,1H3/t9-/m1/s1. The van der Waals surface area contributed by atoms with E-state index in [4.69, 9.17) is 44.3 Å². The third-order valence-electron chi connectivity index (χ3n) is 3.25. The Morgan fingerprint density at radius 2 is 2.05 bits per heavy atom. The third-order valence-corrected chi connectivity index (χ3v) is 4.27. The number of carbonyl (C=O) groups excluding carboxylic acids is 1. The monoisotopic (exact) mass is 351 g/mol. The molecule has 4 nitrogen and oxygen atoms in total. The molecule has 0 aromatic heterocycles. The van der Waals surface area contributed by atoms with Gasteiger partial charge in [-0.25, -0.2) is 0 Å². The summed E-state index contributed by atoms with van der Waals surface area (Å²) < 4.78 is 10.9. The third kappa shape index (κ3) is 4.65. The number of amides is 1. The summed E-state index contributed by atoms with van der Waals surface area (Å²) in [4.78, 5) is 13.6. The van der Waals surface area contributed by atoms with Gasteiger partial charge < -0.3 is 14.4 Å².